The number of carbonyl (C=O) groups is 1. The van der Waals surface area contributed by atoms with Gasteiger partial charge in [0.05, 0.1) is 24.9 Å². The van der Waals surface area contributed by atoms with E-state index in [4.69, 9.17) is 9.47 Å². The number of aromatic nitrogens is 1. The van der Waals surface area contributed by atoms with Gasteiger partial charge in [-0.15, -0.1) is 0 Å². The van der Waals surface area contributed by atoms with Gasteiger partial charge in [0.2, 0.25) is 5.43 Å². The number of methoxy groups -OCH3 is 1. The summed E-state index contributed by atoms with van der Waals surface area (Å²) in [6, 6.07) is 9.24. The first kappa shape index (κ1) is 17.3. The molecule has 1 aromatic heterocycles. The third-order valence-corrected chi connectivity index (χ3v) is 3.91. The zero-order valence-electron chi connectivity index (χ0n) is 14.2. The quantitative estimate of drug-likeness (QED) is 0.730. The topological polar surface area (TPSA) is 98.0 Å². The van der Waals surface area contributed by atoms with E-state index in [1.54, 1.807) is 18.2 Å². The minimum atomic E-state index is -1.33. The van der Waals surface area contributed by atoms with E-state index < -0.39 is 11.4 Å². The van der Waals surface area contributed by atoms with E-state index in [2.05, 4.69) is 0 Å². The van der Waals surface area contributed by atoms with Crippen LogP contribution in [-0.2, 0) is 0 Å². The third kappa shape index (κ3) is 3.06. The summed E-state index contributed by atoms with van der Waals surface area (Å²) in [5, 5.41) is 19.4. The Bertz CT molecular complexity index is 1050. The average molecular weight is 355 g/mol. The van der Waals surface area contributed by atoms with Crippen molar-refractivity contribution in [2.24, 2.45) is 0 Å². The van der Waals surface area contributed by atoms with Crippen LogP contribution in [0.4, 0.5) is 0 Å². The second kappa shape index (κ2) is 6.79. The molecule has 0 unspecified atom stereocenters. The third-order valence-electron chi connectivity index (χ3n) is 3.91. The highest BCUT2D eigenvalue weighted by Crippen LogP contribution is 2.28. The van der Waals surface area contributed by atoms with Gasteiger partial charge in [0.25, 0.3) is 0 Å². The van der Waals surface area contributed by atoms with Gasteiger partial charge in [-0.05, 0) is 19.1 Å². The van der Waals surface area contributed by atoms with Gasteiger partial charge in [-0.1, -0.05) is 0 Å². The number of aromatic hydroxyl groups is 1. The Balaban J connectivity index is 2.39. The van der Waals surface area contributed by atoms with Crippen molar-refractivity contribution >= 4 is 16.9 Å². The highest BCUT2D eigenvalue weighted by atomic mass is 16.5. The maximum absolute atomic E-state index is 12.4. The normalized spacial score (nSPS) is 10.7. The summed E-state index contributed by atoms with van der Waals surface area (Å²) in [4.78, 5) is 23.9. The highest BCUT2D eigenvalue weighted by Gasteiger charge is 2.16. The monoisotopic (exact) mass is 355 g/mol. The summed E-state index contributed by atoms with van der Waals surface area (Å²) in [6.45, 7) is 2.28. The van der Waals surface area contributed by atoms with Crippen LogP contribution in [0.25, 0.3) is 16.6 Å². The van der Waals surface area contributed by atoms with Gasteiger partial charge in [0, 0.05) is 35.8 Å². The summed E-state index contributed by atoms with van der Waals surface area (Å²) < 4.78 is 12.3. The number of hydrogen-bond acceptors (Lipinski definition) is 5. The molecule has 3 aromatic rings. The number of carboxylic acids is 1. The number of benzene rings is 2. The van der Waals surface area contributed by atoms with Gasteiger partial charge in [-0.25, -0.2) is 4.79 Å². The lowest BCUT2D eigenvalue weighted by Gasteiger charge is -2.15. The first-order chi connectivity index (χ1) is 12.4. The molecule has 0 atom stereocenters. The van der Waals surface area contributed by atoms with E-state index in [-0.39, 0.29) is 16.7 Å². The van der Waals surface area contributed by atoms with Crippen molar-refractivity contribution in [2.45, 2.75) is 6.92 Å². The Hall–Kier alpha value is -3.48. The van der Waals surface area contributed by atoms with E-state index in [0.29, 0.717) is 29.3 Å². The van der Waals surface area contributed by atoms with Gasteiger partial charge in [-0.2, -0.15) is 0 Å². The van der Waals surface area contributed by atoms with Crippen LogP contribution in [0, 0.1) is 0 Å². The molecule has 0 fully saturated rings. The van der Waals surface area contributed by atoms with Crippen LogP contribution in [0.1, 0.15) is 17.3 Å². The van der Waals surface area contributed by atoms with E-state index in [0.717, 1.165) is 0 Å². The molecule has 7 nitrogen and oxygen atoms in total. The maximum Gasteiger partial charge on any atom is 0.341 e. The van der Waals surface area contributed by atoms with Gasteiger partial charge in [-0.3, -0.25) is 4.79 Å². The first-order valence-electron chi connectivity index (χ1n) is 7.88. The molecule has 2 aromatic carbocycles. The van der Waals surface area contributed by atoms with Crippen molar-refractivity contribution in [3.05, 3.63) is 58.4 Å². The Kier molecular flexibility index (Phi) is 4.53. The first-order valence-corrected chi connectivity index (χ1v) is 7.88. The van der Waals surface area contributed by atoms with E-state index in [1.807, 2.05) is 6.92 Å². The predicted octanol–water partition coefficient (Wildman–Crippen LogP) is 2.80. The van der Waals surface area contributed by atoms with Crippen LogP contribution in [0.3, 0.4) is 0 Å². The molecule has 134 valence electrons. The summed E-state index contributed by atoms with van der Waals surface area (Å²) in [7, 11) is 1.51. The van der Waals surface area contributed by atoms with Gasteiger partial charge in [0.1, 0.15) is 22.8 Å². The fraction of sp³-hybridized carbons (Fsp3) is 0.158. The van der Waals surface area contributed by atoms with Crippen LogP contribution in [-0.4, -0.2) is 34.5 Å². The van der Waals surface area contributed by atoms with Gasteiger partial charge >= 0.3 is 5.97 Å². The minimum Gasteiger partial charge on any atom is -0.508 e. The summed E-state index contributed by atoms with van der Waals surface area (Å²) in [6.07, 6.45) is 1.23. The summed E-state index contributed by atoms with van der Waals surface area (Å²) >= 11 is 0. The number of carboxylic acid groups (broad SMARTS) is 1. The molecule has 7 heteroatoms. The fourth-order valence-electron chi connectivity index (χ4n) is 2.74. The molecule has 0 bridgehead atoms. The largest absolute Gasteiger partial charge is 0.508 e. The average Bonchev–Trinajstić information content (AvgIpc) is 2.61. The molecule has 0 radical (unpaired) electrons. The fourth-order valence-corrected chi connectivity index (χ4v) is 2.74. The molecular formula is C19H17NO6. The molecule has 1 heterocycles. The van der Waals surface area contributed by atoms with Crippen LogP contribution < -0.4 is 14.9 Å². The van der Waals surface area contributed by atoms with E-state index >= 15 is 0 Å². The van der Waals surface area contributed by atoms with E-state index in [9.17, 15) is 19.8 Å². The second-order valence-corrected chi connectivity index (χ2v) is 5.55. The molecule has 0 saturated carbocycles. The zero-order valence-corrected chi connectivity index (χ0v) is 14.2. The molecule has 0 aliphatic carbocycles. The molecular weight excluding hydrogens is 338 g/mol. The number of phenolic OH excluding ortho intramolecular Hbond substituents is 1. The number of phenols is 1. The number of nitrogens with zero attached hydrogens (tertiary/aromatic N) is 1. The standard InChI is InChI=1S/C19H17NO6/c1-3-26-14-7-11(6-13(9-14)25-2)20-10-16(19(23)24)18(22)15-5-4-12(21)8-17(15)20/h4-10,21H,3H2,1-2H3,(H,23,24). The van der Waals surface area contributed by atoms with Crippen molar-refractivity contribution in [3.8, 4) is 22.9 Å². The summed E-state index contributed by atoms with van der Waals surface area (Å²) in [5.74, 6) is -0.325. The predicted molar refractivity (Wildman–Crippen MR) is 95.9 cm³/mol. The SMILES string of the molecule is CCOc1cc(OC)cc(-n2cc(C(=O)O)c(=O)c3ccc(O)cc32)c1. The van der Waals surface area contributed by atoms with Crippen molar-refractivity contribution in [1.82, 2.24) is 4.57 Å². The Morgan fingerprint density at radius 1 is 1.15 bits per heavy atom. The van der Waals surface area contributed by atoms with Crippen LogP contribution in [0.5, 0.6) is 17.2 Å². The number of aromatic carboxylic acids is 1. The number of rotatable bonds is 5. The Labute approximate surface area is 148 Å². The smallest absolute Gasteiger partial charge is 0.341 e. The molecule has 0 aliphatic rings. The van der Waals surface area contributed by atoms with Crippen molar-refractivity contribution in [3.63, 3.8) is 0 Å². The van der Waals surface area contributed by atoms with Crippen LogP contribution in [0.15, 0.2) is 47.4 Å². The van der Waals surface area contributed by atoms with Crippen LogP contribution >= 0.6 is 0 Å². The highest BCUT2D eigenvalue weighted by molar-refractivity contribution is 5.93. The number of pyridine rings is 1. The molecule has 2 N–H and O–H groups in total. The lowest BCUT2D eigenvalue weighted by molar-refractivity contribution is 0.0695. The van der Waals surface area contributed by atoms with Crippen molar-refractivity contribution < 1.29 is 24.5 Å². The van der Waals surface area contributed by atoms with E-state index in [1.165, 1.54) is 36.1 Å². The molecule has 0 amide bonds. The molecule has 26 heavy (non-hydrogen) atoms. The Morgan fingerprint density at radius 2 is 1.88 bits per heavy atom. The second-order valence-electron chi connectivity index (χ2n) is 5.55. The molecule has 3 rings (SSSR count). The Morgan fingerprint density at radius 3 is 2.54 bits per heavy atom. The zero-order chi connectivity index (χ0) is 18.8. The van der Waals surface area contributed by atoms with Crippen molar-refractivity contribution in [1.29, 1.82) is 0 Å². The number of ether oxygens (including phenoxy) is 2. The van der Waals surface area contributed by atoms with Gasteiger partial charge in [0.15, 0.2) is 0 Å². The van der Waals surface area contributed by atoms with Crippen LogP contribution in [0.2, 0.25) is 0 Å². The molecule has 0 saturated heterocycles. The van der Waals surface area contributed by atoms with Gasteiger partial charge < -0.3 is 24.3 Å². The maximum atomic E-state index is 12.4. The summed E-state index contributed by atoms with van der Waals surface area (Å²) in [5.41, 5.74) is -0.0813. The lowest BCUT2D eigenvalue weighted by atomic mass is 10.1. The lowest BCUT2D eigenvalue weighted by Crippen LogP contribution is -2.18. The number of fused-ring (bicyclic) bond motifs is 1. The molecule has 0 spiro atoms. The minimum absolute atomic E-state index is 0.0401. The number of hydrogen-bond donors (Lipinski definition) is 2. The van der Waals surface area contributed by atoms with Crippen molar-refractivity contribution in [2.75, 3.05) is 13.7 Å². The molecule has 0 aliphatic heterocycles.